The molecule has 0 spiro atoms. The van der Waals surface area contributed by atoms with E-state index in [2.05, 4.69) is 20.8 Å². The molecule has 1 aromatic heterocycles. The van der Waals surface area contributed by atoms with Crippen molar-refractivity contribution in [1.29, 1.82) is 0 Å². The molecule has 0 radical (unpaired) electrons. The number of anilines is 3. The first kappa shape index (κ1) is 19.4. The molecule has 0 aliphatic rings. The van der Waals surface area contributed by atoms with Gasteiger partial charge >= 0.3 is 0 Å². The maximum atomic E-state index is 12.4. The van der Waals surface area contributed by atoms with E-state index < -0.39 is 0 Å². The van der Waals surface area contributed by atoms with Crippen molar-refractivity contribution in [2.45, 2.75) is 6.92 Å². The zero-order chi connectivity index (χ0) is 20.1. The summed E-state index contributed by atoms with van der Waals surface area (Å²) >= 11 is 6.08. The molecule has 3 rings (SSSR count). The predicted molar refractivity (Wildman–Crippen MR) is 109 cm³/mol. The Morgan fingerprint density at radius 3 is 2.46 bits per heavy atom. The molecule has 0 saturated heterocycles. The van der Waals surface area contributed by atoms with Crippen molar-refractivity contribution in [2.75, 3.05) is 24.9 Å². The van der Waals surface area contributed by atoms with Crippen molar-refractivity contribution in [3.63, 3.8) is 0 Å². The van der Waals surface area contributed by atoms with E-state index in [1.165, 1.54) is 0 Å². The number of aromatic nitrogens is 2. The highest BCUT2D eigenvalue weighted by molar-refractivity contribution is 6.31. The molecular formula is C20H19ClN4O3. The number of ether oxygens (including phenoxy) is 2. The van der Waals surface area contributed by atoms with E-state index >= 15 is 0 Å². The fourth-order valence-corrected chi connectivity index (χ4v) is 2.69. The Kier molecular flexibility index (Phi) is 5.96. The van der Waals surface area contributed by atoms with Crippen molar-refractivity contribution in [3.05, 3.63) is 64.8 Å². The minimum atomic E-state index is -0.365. The van der Waals surface area contributed by atoms with Gasteiger partial charge < -0.3 is 20.1 Å². The number of hydrogen-bond acceptors (Lipinski definition) is 6. The summed E-state index contributed by atoms with van der Waals surface area (Å²) in [4.78, 5) is 12.4. The lowest BCUT2D eigenvalue weighted by Crippen LogP contribution is -2.15. The fraction of sp³-hybridized carbons (Fsp3) is 0.150. The number of nitrogens with zero attached hydrogens (tertiary/aromatic N) is 2. The van der Waals surface area contributed by atoms with E-state index in [0.29, 0.717) is 28.0 Å². The van der Waals surface area contributed by atoms with Crippen LogP contribution in [0.2, 0.25) is 5.02 Å². The number of carbonyl (C=O) groups excluding carboxylic acids is 1. The normalized spacial score (nSPS) is 10.3. The minimum Gasteiger partial charge on any atom is -0.493 e. The lowest BCUT2D eigenvalue weighted by atomic mass is 10.2. The van der Waals surface area contributed by atoms with Crippen LogP contribution in [0.4, 0.5) is 17.2 Å². The molecule has 28 heavy (non-hydrogen) atoms. The number of nitrogens with one attached hydrogen (secondary N) is 2. The Bertz CT molecular complexity index is 993. The third kappa shape index (κ3) is 4.32. The molecule has 1 amide bonds. The molecule has 0 aliphatic carbocycles. The number of halogens is 1. The van der Waals surface area contributed by atoms with Crippen LogP contribution in [0.15, 0.2) is 48.5 Å². The van der Waals surface area contributed by atoms with Gasteiger partial charge in [0.1, 0.15) is 0 Å². The summed E-state index contributed by atoms with van der Waals surface area (Å²) in [5.41, 5.74) is 2.36. The van der Waals surface area contributed by atoms with Gasteiger partial charge in [0.2, 0.25) is 0 Å². The topological polar surface area (TPSA) is 85.4 Å². The van der Waals surface area contributed by atoms with Gasteiger partial charge in [-0.3, -0.25) is 4.79 Å². The Hall–Kier alpha value is -3.32. The van der Waals surface area contributed by atoms with Gasteiger partial charge in [-0.2, -0.15) is 0 Å². The van der Waals surface area contributed by atoms with E-state index in [1.807, 2.05) is 13.0 Å². The summed E-state index contributed by atoms with van der Waals surface area (Å²) in [6.45, 7) is 1.83. The molecule has 0 fully saturated rings. The second kappa shape index (κ2) is 8.58. The average Bonchev–Trinajstić information content (AvgIpc) is 2.71. The summed E-state index contributed by atoms with van der Waals surface area (Å²) in [5, 5.41) is 14.5. The first-order valence-corrected chi connectivity index (χ1v) is 8.79. The first-order valence-electron chi connectivity index (χ1n) is 8.41. The van der Waals surface area contributed by atoms with E-state index in [1.54, 1.807) is 56.7 Å². The number of amides is 1. The molecule has 2 N–H and O–H groups in total. The summed E-state index contributed by atoms with van der Waals surface area (Å²) in [5.74, 6) is 1.34. The van der Waals surface area contributed by atoms with Crippen molar-refractivity contribution in [2.24, 2.45) is 0 Å². The highest BCUT2D eigenvalue weighted by atomic mass is 35.5. The van der Waals surface area contributed by atoms with Gasteiger partial charge in [-0.15, -0.1) is 10.2 Å². The molecule has 1 heterocycles. The summed E-state index contributed by atoms with van der Waals surface area (Å²) in [7, 11) is 3.14. The second-order valence-electron chi connectivity index (χ2n) is 5.87. The van der Waals surface area contributed by atoms with Gasteiger partial charge in [0, 0.05) is 22.5 Å². The van der Waals surface area contributed by atoms with E-state index in [-0.39, 0.29) is 11.6 Å². The molecule has 7 nitrogen and oxygen atoms in total. The van der Waals surface area contributed by atoms with Gasteiger partial charge in [-0.25, -0.2) is 0 Å². The number of hydrogen-bond donors (Lipinski definition) is 2. The minimum absolute atomic E-state index is 0.192. The van der Waals surface area contributed by atoms with Gasteiger partial charge in [0.15, 0.2) is 23.0 Å². The number of methoxy groups -OCH3 is 2. The van der Waals surface area contributed by atoms with Crippen LogP contribution < -0.4 is 20.1 Å². The molecule has 2 aromatic carbocycles. The number of carbonyl (C=O) groups is 1. The fourth-order valence-electron chi connectivity index (χ4n) is 2.51. The highest BCUT2D eigenvalue weighted by Crippen LogP contribution is 2.30. The van der Waals surface area contributed by atoms with Crippen LogP contribution in [-0.2, 0) is 0 Å². The van der Waals surface area contributed by atoms with Crippen molar-refractivity contribution < 1.29 is 14.3 Å². The molecule has 3 aromatic rings. The van der Waals surface area contributed by atoms with E-state index in [0.717, 1.165) is 11.3 Å². The molecule has 0 bridgehead atoms. The van der Waals surface area contributed by atoms with Gasteiger partial charge in [-0.1, -0.05) is 17.7 Å². The zero-order valence-corrected chi connectivity index (χ0v) is 16.4. The third-order valence-corrected chi connectivity index (χ3v) is 4.48. The highest BCUT2D eigenvalue weighted by Gasteiger charge is 2.12. The Morgan fingerprint density at radius 1 is 1.00 bits per heavy atom. The monoisotopic (exact) mass is 398 g/mol. The Labute approximate surface area is 167 Å². The van der Waals surface area contributed by atoms with Crippen LogP contribution in [0.25, 0.3) is 0 Å². The smallest absolute Gasteiger partial charge is 0.276 e. The quantitative estimate of drug-likeness (QED) is 0.638. The van der Waals surface area contributed by atoms with Crippen LogP contribution in [0.1, 0.15) is 16.1 Å². The lowest BCUT2D eigenvalue weighted by Gasteiger charge is -2.11. The summed E-state index contributed by atoms with van der Waals surface area (Å²) in [6.07, 6.45) is 0. The van der Waals surface area contributed by atoms with Crippen LogP contribution in [0, 0.1) is 6.92 Å². The van der Waals surface area contributed by atoms with Crippen LogP contribution in [-0.4, -0.2) is 30.3 Å². The predicted octanol–water partition coefficient (Wildman–Crippen LogP) is 4.45. The SMILES string of the molecule is COc1ccc(Nc2ccc(C(=O)Nc3cccc(Cl)c3C)nn2)cc1OC. The van der Waals surface area contributed by atoms with Gasteiger partial charge in [0.05, 0.1) is 14.2 Å². The largest absolute Gasteiger partial charge is 0.493 e. The lowest BCUT2D eigenvalue weighted by molar-refractivity contribution is 0.102. The van der Waals surface area contributed by atoms with Crippen molar-refractivity contribution >= 4 is 34.7 Å². The molecule has 0 aliphatic heterocycles. The maximum absolute atomic E-state index is 12.4. The third-order valence-electron chi connectivity index (χ3n) is 4.07. The van der Waals surface area contributed by atoms with Gasteiger partial charge in [-0.05, 0) is 48.9 Å². The van der Waals surface area contributed by atoms with Crippen molar-refractivity contribution in [1.82, 2.24) is 10.2 Å². The Morgan fingerprint density at radius 2 is 1.79 bits per heavy atom. The zero-order valence-electron chi connectivity index (χ0n) is 15.6. The van der Waals surface area contributed by atoms with E-state index in [9.17, 15) is 4.79 Å². The number of rotatable bonds is 6. The molecule has 0 unspecified atom stereocenters. The van der Waals surface area contributed by atoms with Crippen LogP contribution in [0.3, 0.4) is 0 Å². The first-order chi connectivity index (χ1) is 13.5. The molecule has 144 valence electrons. The maximum Gasteiger partial charge on any atom is 0.276 e. The Balaban J connectivity index is 1.71. The molecule has 0 saturated carbocycles. The van der Waals surface area contributed by atoms with Crippen LogP contribution in [0.5, 0.6) is 11.5 Å². The molecular weight excluding hydrogens is 380 g/mol. The standard InChI is InChI=1S/C20H19ClN4O3/c1-12-14(21)5-4-6-15(12)23-20(26)16-8-10-19(25-24-16)22-13-7-9-17(27-2)18(11-13)28-3/h4-11H,1-3H3,(H,22,25)(H,23,26). The summed E-state index contributed by atoms with van der Waals surface area (Å²) < 4.78 is 10.5. The summed E-state index contributed by atoms with van der Waals surface area (Å²) in [6, 6.07) is 14.0. The van der Waals surface area contributed by atoms with E-state index in [4.69, 9.17) is 21.1 Å². The van der Waals surface area contributed by atoms with Crippen LogP contribution >= 0.6 is 11.6 Å². The van der Waals surface area contributed by atoms with Crippen molar-refractivity contribution in [3.8, 4) is 11.5 Å². The molecule has 0 atom stereocenters. The number of benzene rings is 2. The molecule has 8 heteroatoms. The average molecular weight is 399 g/mol. The second-order valence-corrected chi connectivity index (χ2v) is 6.27. The van der Waals surface area contributed by atoms with Gasteiger partial charge in [0.25, 0.3) is 5.91 Å².